The largest absolute Gasteiger partial charge is 0.387 e. The van der Waals surface area contributed by atoms with Crippen LogP contribution in [0.25, 0.3) is 10.8 Å². The third kappa shape index (κ3) is 1.49. The topological polar surface area (TPSA) is 12.0 Å². The van der Waals surface area contributed by atoms with Crippen molar-refractivity contribution in [3.8, 4) is 0 Å². The summed E-state index contributed by atoms with van der Waals surface area (Å²) in [5, 5.41) is 5.58. The summed E-state index contributed by atoms with van der Waals surface area (Å²) in [5.41, 5.74) is 1.07. The van der Waals surface area contributed by atoms with Gasteiger partial charge in [0.05, 0.1) is 0 Å². The lowest BCUT2D eigenvalue weighted by atomic mass is 10.1. The summed E-state index contributed by atoms with van der Waals surface area (Å²) in [6, 6.07) is 12.5. The fourth-order valence-corrected chi connectivity index (χ4v) is 1.74. The predicted molar refractivity (Wildman–Crippen MR) is 60.7 cm³/mol. The van der Waals surface area contributed by atoms with E-state index in [-0.39, 0.29) is 0 Å². The highest BCUT2D eigenvalue weighted by Gasteiger charge is 1.98. The molecule has 1 N–H and O–H groups in total. The third-order valence-corrected chi connectivity index (χ3v) is 2.50. The number of benzene rings is 2. The van der Waals surface area contributed by atoms with Gasteiger partial charge in [-0.15, -0.1) is 12.6 Å². The van der Waals surface area contributed by atoms with Gasteiger partial charge in [0.2, 0.25) is 0 Å². The van der Waals surface area contributed by atoms with Crippen molar-refractivity contribution in [3.63, 3.8) is 0 Å². The van der Waals surface area contributed by atoms with Crippen molar-refractivity contribution in [3.05, 3.63) is 36.4 Å². The van der Waals surface area contributed by atoms with Gasteiger partial charge in [0.25, 0.3) is 0 Å². The standard InChI is InChI=1S/C11H11NS/c1-12-10-6-8-4-2-3-5-9(8)7-11(10)13/h2-7,12-13H,1H3. The summed E-state index contributed by atoms with van der Waals surface area (Å²) in [5.74, 6) is 0. The second kappa shape index (κ2) is 3.30. The number of nitrogens with one attached hydrogen (secondary N) is 1. The monoisotopic (exact) mass is 189 g/mol. The Morgan fingerprint density at radius 3 is 2.31 bits per heavy atom. The first-order valence-electron chi connectivity index (χ1n) is 4.21. The van der Waals surface area contributed by atoms with Crippen LogP contribution in [0.4, 0.5) is 5.69 Å². The molecule has 0 aliphatic carbocycles. The molecular formula is C11H11NS. The highest BCUT2D eigenvalue weighted by molar-refractivity contribution is 7.80. The zero-order valence-corrected chi connectivity index (χ0v) is 8.31. The highest BCUT2D eigenvalue weighted by Crippen LogP contribution is 2.25. The van der Waals surface area contributed by atoms with E-state index in [4.69, 9.17) is 0 Å². The second-order valence-electron chi connectivity index (χ2n) is 2.97. The summed E-state index contributed by atoms with van der Waals surface area (Å²) in [4.78, 5) is 0.987. The zero-order valence-electron chi connectivity index (χ0n) is 7.41. The number of thiol groups is 1. The zero-order chi connectivity index (χ0) is 9.26. The lowest BCUT2D eigenvalue weighted by molar-refractivity contribution is 1.42. The fraction of sp³-hybridized carbons (Fsp3) is 0.0909. The maximum absolute atomic E-state index is 4.39. The van der Waals surface area contributed by atoms with E-state index in [0.717, 1.165) is 10.6 Å². The van der Waals surface area contributed by atoms with Crippen molar-refractivity contribution < 1.29 is 0 Å². The van der Waals surface area contributed by atoms with Gasteiger partial charge in [-0.1, -0.05) is 24.3 Å². The molecule has 0 spiro atoms. The Morgan fingerprint density at radius 1 is 1.08 bits per heavy atom. The molecule has 0 radical (unpaired) electrons. The fourth-order valence-electron chi connectivity index (χ4n) is 1.43. The number of hydrogen-bond donors (Lipinski definition) is 2. The van der Waals surface area contributed by atoms with Gasteiger partial charge < -0.3 is 5.32 Å². The van der Waals surface area contributed by atoms with Crippen LogP contribution in [0, 0.1) is 0 Å². The van der Waals surface area contributed by atoms with Gasteiger partial charge in [-0.2, -0.15) is 0 Å². The number of anilines is 1. The summed E-state index contributed by atoms with van der Waals surface area (Å²) < 4.78 is 0. The van der Waals surface area contributed by atoms with Crippen molar-refractivity contribution in [2.24, 2.45) is 0 Å². The van der Waals surface area contributed by atoms with Crippen LogP contribution in [0.3, 0.4) is 0 Å². The molecule has 0 aromatic heterocycles. The molecule has 0 amide bonds. The molecule has 0 fully saturated rings. The van der Waals surface area contributed by atoms with Crippen LogP contribution >= 0.6 is 12.6 Å². The molecule has 66 valence electrons. The summed E-state index contributed by atoms with van der Waals surface area (Å²) in [7, 11) is 1.91. The molecule has 0 saturated carbocycles. The van der Waals surface area contributed by atoms with E-state index in [2.05, 4.69) is 42.2 Å². The van der Waals surface area contributed by atoms with Crippen LogP contribution in [-0.4, -0.2) is 7.05 Å². The lowest BCUT2D eigenvalue weighted by Gasteiger charge is -2.06. The maximum atomic E-state index is 4.39. The molecule has 0 saturated heterocycles. The van der Waals surface area contributed by atoms with Crippen LogP contribution in [0.2, 0.25) is 0 Å². The van der Waals surface area contributed by atoms with Crippen molar-refractivity contribution in [2.45, 2.75) is 4.90 Å². The average molecular weight is 189 g/mol. The van der Waals surface area contributed by atoms with Crippen LogP contribution in [0.5, 0.6) is 0 Å². The van der Waals surface area contributed by atoms with Gasteiger partial charge in [0, 0.05) is 17.6 Å². The molecule has 0 heterocycles. The molecule has 0 aliphatic heterocycles. The Bertz CT molecular complexity index is 437. The van der Waals surface area contributed by atoms with E-state index >= 15 is 0 Å². The molecule has 13 heavy (non-hydrogen) atoms. The van der Waals surface area contributed by atoms with E-state index in [1.807, 2.05) is 19.2 Å². The SMILES string of the molecule is CNc1cc2ccccc2cc1S. The van der Waals surface area contributed by atoms with E-state index in [1.54, 1.807) is 0 Å². The van der Waals surface area contributed by atoms with Gasteiger partial charge >= 0.3 is 0 Å². The molecule has 0 atom stereocenters. The first-order chi connectivity index (χ1) is 6.31. The molecule has 2 aromatic carbocycles. The van der Waals surface area contributed by atoms with Gasteiger partial charge in [0.15, 0.2) is 0 Å². The number of rotatable bonds is 1. The minimum Gasteiger partial charge on any atom is -0.387 e. The number of hydrogen-bond acceptors (Lipinski definition) is 2. The van der Waals surface area contributed by atoms with E-state index in [1.165, 1.54) is 10.8 Å². The van der Waals surface area contributed by atoms with E-state index < -0.39 is 0 Å². The van der Waals surface area contributed by atoms with Gasteiger partial charge in [0.1, 0.15) is 0 Å². The smallest absolute Gasteiger partial charge is 0.0479 e. The van der Waals surface area contributed by atoms with Crippen molar-refractivity contribution in [1.29, 1.82) is 0 Å². The molecule has 0 bridgehead atoms. The lowest BCUT2D eigenvalue weighted by Crippen LogP contribution is -1.89. The minimum absolute atomic E-state index is 0.987. The second-order valence-corrected chi connectivity index (χ2v) is 3.45. The molecule has 0 aliphatic rings. The van der Waals surface area contributed by atoms with E-state index in [9.17, 15) is 0 Å². The molecule has 2 aromatic rings. The quantitative estimate of drug-likeness (QED) is 0.657. The van der Waals surface area contributed by atoms with Crippen LogP contribution < -0.4 is 5.32 Å². The Balaban J connectivity index is 2.74. The summed E-state index contributed by atoms with van der Waals surface area (Å²) >= 11 is 4.39. The highest BCUT2D eigenvalue weighted by atomic mass is 32.1. The molecule has 1 nitrogen and oxygen atoms in total. The van der Waals surface area contributed by atoms with Crippen molar-refractivity contribution in [2.75, 3.05) is 12.4 Å². The van der Waals surface area contributed by atoms with Crippen LogP contribution in [0.15, 0.2) is 41.3 Å². The third-order valence-electron chi connectivity index (χ3n) is 2.13. The molecule has 2 rings (SSSR count). The Hall–Kier alpha value is -1.15. The number of fused-ring (bicyclic) bond motifs is 1. The van der Waals surface area contributed by atoms with Gasteiger partial charge in [-0.25, -0.2) is 0 Å². The average Bonchev–Trinajstić information content (AvgIpc) is 2.17. The van der Waals surface area contributed by atoms with Crippen molar-refractivity contribution in [1.82, 2.24) is 0 Å². The first-order valence-corrected chi connectivity index (χ1v) is 4.65. The van der Waals surface area contributed by atoms with Crippen LogP contribution in [0.1, 0.15) is 0 Å². The normalized spacial score (nSPS) is 10.3. The Kier molecular flexibility index (Phi) is 2.15. The summed E-state index contributed by atoms with van der Waals surface area (Å²) in [6.07, 6.45) is 0. The Morgan fingerprint density at radius 2 is 1.69 bits per heavy atom. The summed E-state index contributed by atoms with van der Waals surface area (Å²) in [6.45, 7) is 0. The van der Waals surface area contributed by atoms with Crippen molar-refractivity contribution >= 4 is 29.1 Å². The van der Waals surface area contributed by atoms with Gasteiger partial charge in [-0.05, 0) is 22.9 Å². The predicted octanol–water partition coefficient (Wildman–Crippen LogP) is 3.17. The maximum Gasteiger partial charge on any atom is 0.0479 e. The van der Waals surface area contributed by atoms with Gasteiger partial charge in [-0.3, -0.25) is 0 Å². The molecule has 0 unspecified atom stereocenters. The first kappa shape index (κ1) is 8.45. The van der Waals surface area contributed by atoms with E-state index in [0.29, 0.717) is 0 Å². The molecular weight excluding hydrogens is 178 g/mol. The Labute approximate surface area is 83.2 Å². The molecule has 2 heteroatoms. The minimum atomic E-state index is 0.987. The van der Waals surface area contributed by atoms with Crippen LogP contribution in [-0.2, 0) is 0 Å².